The first kappa shape index (κ1) is 12.7. The molecule has 0 unspecified atom stereocenters. The largest absolute Gasteiger partial charge is 0.507 e. The lowest BCUT2D eigenvalue weighted by molar-refractivity contribution is 0.103. The van der Waals surface area contributed by atoms with Crippen molar-refractivity contribution >= 4 is 28.2 Å². The quantitative estimate of drug-likeness (QED) is 0.706. The number of carbonyl (C=O) groups excluding carboxylic acids is 1. The standard InChI is InChI=1S/C17H11ClO2/c18-14-7-3-6-13(8-14)17(20)15-9-11-4-1-2-5-12(11)10-16(15)19/h1-10,19H. The summed E-state index contributed by atoms with van der Waals surface area (Å²) in [4.78, 5) is 12.4. The molecule has 0 saturated heterocycles. The molecule has 3 aromatic carbocycles. The van der Waals surface area contributed by atoms with E-state index in [0.29, 0.717) is 10.6 Å². The second-order valence-electron chi connectivity index (χ2n) is 4.56. The molecular formula is C17H11ClO2. The van der Waals surface area contributed by atoms with Crippen LogP contribution >= 0.6 is 11.6 Å². The van der Waals surface area contributed by atoms with Gasteiger partial charge < -0.3 is 5.11 Å². The van der Waals surface area contributed by atoms with Gasteiger partial charge in [0.25, 0.3) is 0 Å². The minimum Gasteiger partial charge on any atom is -0.507 e. The van der Waals surface area contributed by atoms with Crippen LogP contribution in [0.5, 0.6) is 5.75 Å². The lowest BCUT2D eigenvalue weighted by Crippen LogP contribution is -2.01. The van der Waals surface area contributed by atoms with E-state index in [1.807, 2.05) is 24.3 Å². The predicted molar refractivity (Wildman–Crippen MR) is 80.5 cm³/mol. The summed E-state index contributed by atoms with van der Waals surface area (Å²) in [6.45, 7) is 0. The molecule has 0 bridgehead atoms. The molecule has 0 saturated carbocycles. The molecule has 0 fully saturated rings. The fourth-order valence-corrected chi connectivity index (χ4v) is 2.39. The molecule has 3 rings (SSSR count). The van der Waals surface area contributed by atoms with E-state index in [1.165, 1.54) is 0 Å². The van der Waals surface area contributed by atoms with Crippen molar-refractivity contribution < 1.29 is 9.90 Å². The first-order valence-electron chi connectivity index (χ1n) is 6.17. The summed E-state index contributed by atoms with van der Waals surface area (Å²) in [5, 5.41) is 12.4. The Bertz CT molecular complexity index is 809. The van der Waals surface area contributed by atoms with Gasteiger partial charge in [-0.25, -0.2) is 0 Å². The summed E-state index contributed by atoms with van der Waals surface area (Å²) >= 11 is 5.90. The molecule has 0 heterocycles. The molecule has 20 heavy (non-hydrogen) atoms. The summed E-state index contributed by atoms with van der Waals surface area (Å²) in [6.07, 6.45) is 0. The van der Waals surface area contributed by atoms with E-state index in [2.05, 4.69) is 0 Å². The molecule has 0 aliphatic carbocycles. The lowest BCUT2D eigenvalue weighted by atomic mass is 9.99. The number of ketones is 1. The maximum atomic E-state index is 12.4. The molecule has 0 aliphatic heterocycles. The van der Waals surface area contributed by atoms with Crippen molar-refractivity contribution in [3.63, 3.8) is 0 Å². The smallest absolute Gasteiger partial charge is 0.196 e. The molecule has 0 aromatic heterocycles. The van der Waals surface area contributed by atoms with E-state index < -0.39 is 0 Å². The first-order valence-corrected chi connectivity index (χ1v) is 6.55. The maximum Gasteiger partial charge on any atom is 0.196 e. The SMILES string of the molecule is O=C(c1cccc(Cl)c1)c1cc2ccccc2cc1O. The van der Waals surface area contributed by atoms with E-state index in [-0.39, 0.29) is 17.1 Å². The third-order valence-corrected chi connectivity index (χ3v) is 3.43. The highest BCUT2D eigenvalue weighted by molar-refractivity contribution is 6.31. The number of benzene rings is 3. The zero-order valence-corrected chi connectivity index (χ0v) is 11.3. The normalized spacial score (nSPS) is 10.7. The Morgan fingerprint density at radius 2 is 1.60 bits per heavy atom. The van der Waals surface area contributed by atoms with Gasteiger partial charge in [0, 0.05) is 10.6 Å². The van der Waals surface area contributed by atoms with Crippen molar-refractivity contribution in [2.24, 2.45) is 0 Å². The number of halogens is 1. The van der Waals surface area contributed by atoms with E-state index in [9.17, 15) is 9.90 Å². The van der Waals surface area contributed by atoms with Gasteiger partial charge in [-0.15, -0.1) is 0 Å². The molecule has 3 heteroatoms. The van der Waals surface area contributed by atoms with E-state index >= 15 is 0 Å². The van der Waals surface area contributed by atoms with Gasteiger partial charge in [-0.05, 0) is 35.0 Å². The van der Waals surface area contributed by atoms with Gasteiger partial charge >= 0.3 is 0 Å². The Balaban J connectivity index is 2.14. The van der Waals surface area contributed by atoms with E-state index in [0.717, 1.165) is 10.8 Å². The average molecular weight is 283 g/mol. The van der Waals surface area contributed by atoms with Gasteiger partial charge in [-0.1, -0.05) is 48.0 Å². The molecule has 1 N–H and O–H groups in total. The summed E-state index contributed by atoms with van der Waals surface area (Å²) in [5.41, 5.74) is 0.744. The number of fused-ring (bicyclic) bond motifs is 1. The van der Waals surface area contributed by atoms with Crippen LogP contribution in [0.3, 0.4) is 0 Å². The average Bonchev–Trinajstić information content (AvgIpc) is 2.46. The number of rotatable bonds is 2. The van der Waals surface area contributed by atoms with Crippen molar-refractivity contribution in [2.75, 3.05) is 0 Å². The fraction of sp³-hybridized carbons (Fsp3) is 0. The van der Waals surface area contributed by atoms with Crippen LogP contribution in [0.1, 0.15) is 15.9 Å². The van der Waals surface area contributed by atoms with Crippen LogP contribution in [0.2, 0.25) is 5.02 Å². The zero-order valence-electron chi connectivity index (χ0n) is 10.5. The molecule has 0 spiro atoms. The van der Waals surface area contributed by atoms with Crippen molar-refractivity contribution in [1.29, 1.82) is 0 Å². The van der Waals surface area contributed by atoms with Gasteiger partial charge in [-0.3, -0.25) is 4.79 Å². The molecule has 0 aliphatic rings. The summed E-state index contributed by atoms with van der Waals surface area (Å²) in [6, 6.07) is 17.6. The second-order valence-corrected chi connectivity index (χ2v) is 4.99. The van der Waals surface area contributed by atoms with Gasteiger partial charge in [0.05, 0.1) is 5.56 Å². The Hall–Kier alpha value is -2.32. The lowest BCUT2D eigenvalue weighted by Gasteiger charge is -2.07. The molecule has 98 valence electrons. The number of aromatic hydroxyl groups is 1. The molecule has 3 aromatic rings. The Morgan fingerprint density at radius 1 is 0.900 bits per heavy atom. The summed E-state index contributed by atoms with van der Waals surface area (Å²) < 4.78 is 0. The van der Waals surface area contributed by atoms with Gasteiger partial charge in [0.2, 0.25) is 0 Å². The van der Waals surface area contributed by atoms with Crippen molar-refractivity contribution in [3.8, 4) is 5.75 Å². The highest BCUT2D eigenvalue weighted by atomic mass is 35.5. The number of carbonyl (C=O) groups is 1. The topological polar surface area (TPSA) is 37.3 Å². The van der Waals surface area contributed by atoms with Crippen molar-refractivity contribution in [2.45, 2.75) is 0 Å². The Kier molecular flexibility index (Phi) is 3.17. The third kappa shape index (κ3) is 2.26. The maximum absolute atomic E-state index is 12.4. The number of phenolic OH excluding ortho intramolecular Hbond substituents is 1. The van der Waals surface area contributed by atoms with Crippen LogP contribution in [-0.4, -0.2) is 10.9 Å². The molecule has 0 radical (unpaired) electrons. The molecule has 2 nitrogen and oxygen atoms in total. The molecular weight excluding hydrogens is 272 g/mol. The van der Waals surface area contributed by atoms with Gasteiger partial charge in [0.15, 0.2) is 5.78 Å². The first-order chi connectivity index (χ1) is 9.65. The number of hydrogen-bond donors (Lipinski definition) is 1. The highest BCUT2D eigenvalue weighted by Gasteiger charge is 2.14. The van der Waals surface area contributed by atoms with E-state index in [1.54, 1.807) is 36.4 Å². The number of hydrogen-bond acceptors (Lipinski definition) is 2. The Labute approximate surface area is 121 Å². The predicted octanol–water partition coefficient (Wildman–Crippen LogP) is 4.43. The van der Waals surface area contributed by atoms with Crippen molar-refractivity contribution in [1.82, 2.24) is 0 Å². The van der Waals surface area contributed by atoms with Gasteiger partial charge in [-0.2, -0.15) is 0 Å². The van der Waals surface area contributed by atoms with Crippen LogP contribution in [0, 0.1) is 0 Å². The summed E-state index contributed by atoms with van der Waals surface area (Å²) in [5.74, 6) is -0.260. The molecule has 0 atom stereocenters. The van der Waals surface area contributed by atoms with Crippen LogP contribution in [0.4, 0.5) is 0 Å². The minimum atomic E-state index is -0.240. The number of phenols is 1. The highest BCUT2D eigenvalue weighted by Crippen LogP contribution is 2.27. The monoisotopic (exact) mass is 282 g/mol. The Morgan fingerprint density at radius 3 is 2.30 bits per heavy atom. The van der Waals surface area contributed by atoms with E-state index in [4.69, 9.17) is 11.6 Å². The van der Waals surface area contributed by atoms with Crippen LogP contribution in [0.25, 0.3) is 10.8 Å². The summed E-state index contributed by atoms with van der Waals surface area (Å²) in [7, 11) is 0. The van der Waals surface area contributed by atoms with Crippen molar-refractivity contribution in [3.05, 3.63) is 76.8 Å². The van der Waals surface area contributed by atoms with Crippen LogP contribution in [-0.2, 0) is 0 Å². The minimum absolute atomic E-state index is 0.0197. The molecule has 0 amide bonds. The second kappa shape index (κ2) is 4.99. The third-order valence-electron chi connectivity index (χ3n) is 3.20. The van der Waals surface area contributed by atoms with Gasteiger partial charge in [0.1, 0.15) is 5.75 Å². The van der Waals surface area contributed by atoms with Crippen LogP contribution in [0.15, 0.2) is 60.7 Å². The zero-order chi connectivity index (χ0) is 14.1. The van der Waals surface area contributed by atoms with Crippen LogP contribution < -0.4 is 0 Å². The fourth-order valence-electron chi connectivity index (χ4n) is 2.20.